The maximum atomic E-state index is 4.94. The molecule has 0 bridgehead atoms. The molecule has 1 aliphatic rings. The number of likely N-dealkylation sites (tertiary alicyclic amines) is 1. The molecule has 4 rings (SSSR count). The lowest BCUT2D eigenvalue weighted by Crippen LogP contribution is -2.31. The number of rotatable bonds is 10. The molecule has 190 valence electrons. The molecule has 0 aliphatic carbocycles. The minimum Gasteiger partial charge on any atom is -0.384 e. The summed E-state index contributed by atoms with van der Waals surface area (Å²) in [7, 11) is 0. The van der Waals surface area contributed by atoms with Crippen LogP contribution in [0.1, 0.15) is 45.1 Å². The van der Waals surface area contributed by atoms with Gasteiger partial charge in [0.15, 0.2) is 0 Å². The summed E-state index contributed by atoms with van der Waals surface area (Å²) in [6.45, 7) is 12.4. The van der Waals surface area contributed by atoms with Gasteiger partial charge in [-0.25, -0.2) is 4.98 Å². The smallest absolute Gasteiger partial charge is 0.0838 e. The predicted octanol–water partition coefficient (Wildman–Crippen LogP) is 7.36. The number of fused-ring (bicyclic) bond motifs is 1. The lowest BCUT2D eigenvalue weighted by molar-refractivity contribution is 0.228. The van der Waals surface area contributed by atoms with Crippen molar-refractivity contribution < 1.29 is 0 Å². The Morgan fingerprint density at radius 1 is 0.971 bits per heavy atom. The highest BCUT2D eigenvalue weighted by Gasteiger charge is 2.11. The highest BCUT2D eigenvalue weighted by atomic mass is 35.5. The van der Waals surface area contributed by atoms with Crippen molar-refractivity contribution in [2.24, 2.45) is 0 Å². The highest BCUT2D eigenvalue weighted by molar-refractivity contribution is 7.17. The van der Waals surface area contributed by atoms with Crippen molar-refractivity contribution in [3.05, 3.63) is 47.3 Å². The molecule has 0 unspecified atom stereocenters. The fraction of sp³-hybridized carbons (Fsp3) is 0.500. The van der Waals surface area contributed by atoms with Gasteiger partial charge < -0.3 is 10.2 Å². The van der Waals surface area contributed by atoms with E-state index in [2.05, 4.69) is 70.7 Å². The van der Waals surface area contributed by atoms with Crippen LogP contribution in [0.2, 0.25) is 0 Å². The standard InChI is InChI=1S/C26H36N4S.3ClH/c1-3-29(4-2)20-21-9-11-22(12-10-21)24-19-25(26-23(28-24)13-18-31-26)27-14-8-17-30-15-6-5-7-16-30;;;/h9-13,18-19H,3-8,14-17,20H2,1-2H3,(H,27,28);3*1H. The molecule has 1 aromatic carbocycles. The molecule has 0 saturated carbocycles. The van der Waals surface area contributed by atoms with Crippen LogP contribution in [-0.2, 0) is 6.54 Å². The monoisotopic (exact) mass is 544 g/mol. The van der Waals surface area contributed by atoms with Crippen molar-refractivity contribution in [1.82, 2.24) is 14.8 Å². The lowest BCUT2D eigenvalue weighted by atomic mass is 10.1. The second kappa shape index (κ2) is 15.8. The van der Waals surface area contributed by atoms with E-state index < -0.39 is 0 Å². The molecule has 0 spiro atoms. The number of nitrogens with zero attached hydrogens (tertiary/aromatic N) is 3. The number of pyridine rings is 1. The highest BCUT2D eigenvalue weighted by Crippen LogP contribution is 2.32. The number of halogens is 3. The Hall–Kier alpha value is -1.08. The van der Waals surface area contributed by atoms with Crippen molar-refractivity contribution in [1.29, 1.82) is 0 Å². The maximum Gasteiger partial charge on any atom is 0.0838 e. The van der Waals surface area contributed by atoms with Crippen molar-refractivity contribution in [3.63, 3.8) is 0 Å². The SMILES string of the molecule is CCN(CC)Cc1ccc(-c2cc(NCCCN3CCCCC3)c3sccc3n2)cc1.Cl.Cl.Cl. The third-order valence-electron chi connectivity index (χ3n) is 6.38. The number of thiophene rings is 1. The first-order valence-electron chi connectivity index (χ1n) is 11.9. The van der Waals surface area contributed by atoms with E-state index in [4.69, 9.17) is 4.98 Å². The summed E-state index contributed by atoms with van der Waals surface area (Å²) < 4.78 is 1.26. The van der Waals surface area contributed by atoms with Crippen LogP contribution in [-0.4, -0.2) is 54.1 Å². The molecule has 1 saturated heterocycles. The summed E-state index contributed by atoms with van der Waals surface area (Å²) in [5.41, 5.74) is 5.92. The van der Waals surface area contributed by atoms with Crippen LogP contribution in [0.15, 0.2) is 41.8 Å². The van der Waals surface area contributed by atoms with E-state index in [9.17, 15) is 0 Å². The Morgan fingerprint density at radius 3 is 2.35 bits per heavy atom. The first kappa shape index (κ1) is 31.0. The van der Waals surface area contributed by atoms with Crippen LogP contribution < -0.4 is 5.32 Å². The van der Waals surface area contributed by atoms with Gasteiger partial charge in [-0.1, -0.05) is 44.5 Å². The quantitative estimate of drug-likeness (QED) is 0.270. The summed E-state index contributed by atoms with van der Waals surface area (Å²) >= 11 is 1.78. The van der Waals surface area contributed by atoms with Gasteiger partial charge in [-0.3, -0.25) is 4.90 Å². The van der Waals surface area contributed by atoms with E-state index in [0.29, 0.717) is 0 Å². The van der Waals surface area contributed by atoms with Gasteiger partial charge in [-0.05, 0) is 75.1 Å². The summed E-state index contributed by atoms with van der Waals surface area (Å²) in [4.78, 5) is 10.00. The number of nitrogens with one attached hydrogen (secondary N) is 1. The second-order valence-electron chi connectivity index (χ2n) is 8.53. The van der Waals surface area contributed by atoms with E-state index in [1.807, 2.05) is 0 Å². The summed E-state index contributed by atoms with van der Waals surface area (Å²) in [6, 6.07) is 13.3. The van der Waals surface area contributed by atoms with Gasteiger partial charge in [-0.15, -0.1) is 48.6 Å². The van der Waals surface area contributed by atoms with Crippen molar-refractivity contribution >= 4 is 64.5 Å². The minimum atomic E-state index is 0. The average molecular weight is 546 g/mol. The van der Waals surface area contributed by atoms with Gasteiger partial charge in [-0.2, -0.15) is 0 Å². The lowest BCUT2D eigenvalue weighted by Gasteiger charge is -2.26. The fourth-order valence-electron chi connectivity index (χ4n) is 4.43. The Labute approximate surface area is 227 Å². The molecular weight excluding hydrogens is 507 g/mol. The fourth-order valence-corrected chi connectivity index (χ4v) is 5.26. The summed E-state index contributed by atoms with van der Waals surface area (Å²) in [6.07, 6.45) is 5.32. The molecule has 4 nitrogen and oxygen atoms in total. The number of piperidine rings is 1. The molecule has 3 heterocycles. The predicted molar refractivity (Wildman–Crippen MR) is 157 cm³/mol. The van der Waals surface area contributed by atoms with Crippen molar-refractivity contribution in [2.45, 2.75) is 46.1 Å². The van der Waals surface area contributed by atoms with E-state index >= 15 is 0 Å². The molecule has 2 aromatic heterocycles. The van der Waals surface area contributed by atoms with Gasteiger partial charge in [0.1, 0.15) is 0 Å². The third kappa shape index (κ3) is 8.25. The van der Waals surface area contributed by atoms with Crippen LogP contribution in [0.5, 0.6) is 0 Å². The van der Waals surface area contributed by atoms with Crippen LogP contribution in [0.25, 0.3) is 21.5 Å². The normalized spacial score (nSPS) is 13.7. The van der Waals surface area contributed by atoms with E-state index in [-0.39, 0.29) is 37.2 Å². The zero-order valence-electron chi connectivity index (χ0n) is 20.3. The molecular formula is C26H39Cl3N4S. The van der Waals surface area contributed by atoms with E-state index in [1.54, 1.807) is 11.3 Å². The van der Waals surface area contributed by atoms with Gasteiger partial charge in [0, 0.05) is 18.7 Å². The van der Waals surface area contributed by atoms with Crippen LogP contribution in [0.3, 0.4) is 0 Å². The van der Waals surface area contributed by atoms with Gasteiger partial charge >= 0.3 is 0 Å². The topological polar surface area (TPSA) is 31.4 Å². The summed E-state index contributed by atoms with van der Waals surface area (Å²) in [5, 5.41) is 5.86. The third-order valence-corrected chi connectivity index (χ3v) is 7.31. The first-order chi connectivity index (χ1) is 15.3. The minimum absolute atomic E-state index is 0. The summed E-state index contributed by atoms with van der Waals surface area (Å²) in [5.74, 6) is 0. The molecule has 0 radical (unpaired) electrons. The molecule has 0 amide bonds. The number of benzene rings is 1. The molecule has 8 heteroatoms. The molecule has 0 atom stereocenters. The number of aromatic nitrogens is 1. The van der Waals surface area contributed by atoms with Crippen molar-refractivity contribution in [2.75, 3.05) is 44.6 Å². The maximum absolute atomic E-state index is 4.94. The van der Waals surface area contributed by atoms with Gasteiger partial charge in [0.05, 0.1) is 21.6 Å². The molecule has 34 heavy (non-hydrogen) atoms. The number of anilines is 1. The molecule has 1 aliphatic heterocycles. The number of hydrogen-bond donors (Lipinski definition) is 1. The van der Waals surface area contributed by atoms with E-state index in [1.165, 1.54) is 66.8 Å². The Kier molecular flexibility index (Phi) is 14.4. The molecule has 3 aromatic rings. The Morgan fingerprint density at radius 2 is 1.68 bits per heavy atom. The van der Waals surface area contributed by atoms with Crippen LogP contribution in [0.4, 0.5) is 5.69 Å². The Bertz CT molecular complexity index is 954. The average Bonchev–Trinajstić information content (AvgIpc) is 3.30. The van der Waals surface area contributed by atoms with Crippen LogP contribution in [0, 0.1) is 0 Å². The zero-order chi connectivity index (χ0) is 21.5. The first-order valence-corrected chi connectivity index (χ1v) is 12.8. The molecule has 1 N–H and O–H groups in total. The van der Waals surface area contributed by atoms with Gasteiger partial charge in [0.2, 0.25) is 0 Å². The largest absolute Gasteiger partial charge is 0.384 e. The van der Waals surface area contributed by atoms with Crippen molar-refractivity contribution in [3.8, 4) is 11.3 Å². The molecule has 1 fully saturated rings. The van der Waals surface area contributed by atoms with E-state index in [0.717, 1.165) is 37.4 Å². The number of hydrogen-bond acceptors (Lipinski definition) is 5. The second-order valence-corrected chi connectivity index (χ2v) is 9.45. The Balaban J connectivity index is 0.00000193. The van der Waals surface area contributed by atoms with Crippen LogP contribution >= 0.6 is 48.6 Å². The van der Waals surface area contributed by atoms with Gasteiger partial charge in [0.25, 0.3) is 0 Å². The zero-order valence-corrected chi connectivity index (χ0v) is 23.6.